The maximum absolute atomic E-state index is 5.74. The minimum Gasteiger partial charge on any atom is -0.378 e. The topological polar surface area (TPSA) is 63.4 Å². The van der Waals surface area contributed by atoms with Gasteiger partial charge in [0.25, 0.3) is 0 Å². The second-order valence-corrected chi connectivity index (χ2v) is 6.04. The first kappa shape index (κ1) is 14.9. The van der Waals surface area contributed by atoms with Gasteiger partial charge in [-0.15, -0.1) is 0 Å². The Bertz CT molecular complexity index is 425. The fourth-order valence-corrected chi connectivity index (χ4v) is 3.09. The van der Waals surface area contributed by atoms with Gasteiger partial charge in [0.2, 0.25) is 5.89 Å². The van der Waals surface area contributed by atoms with Crippen LogP contribution in [0.5, 0.6) is 0 Å². The number of piperazine rings is 1. The lowest BCUT2D eigenvalue weighted by Crippen LogP contribution is -2.44. The van der Waals surface area contributed by atoms with Crippen LogP contribution in [0.25, 0.3) is 0 Å². The summed E-state index contributed by atoms with van der Waals surface area (Å²) >= 11 is 0. The van der Waals surface area contributed by atoms with Gasteiger partial charge in [0, 0.05) is 39.2 Å². The number of ether oxygens (including phenoxy) is 1. The maximum atomic E-state index is 5.74. The van der Waals surface area contributed by atoms with Gasteiger partial charge in [0.1, 0.15) is 0 Å². The van der Waals surface area contributed by atoms with Gasteiger partial charge in [-0.3, -0.25) is 4.90 Å². The maximum Gasteiger partial charge on any atom is 0.226 e. The Balaban J connectivity index is 1.50. The van der Waals surface area contributed by atoms with E-state index in [1.807, 2.05) is 0 Å². The standard InChI is InChI=1S/C15H26N4O2/c1-12(19-9-7-16-8-10-19)15-17-14(21-18-15)6-5-13-4-2-3-11-20-13/h12-13,16H,2-11H2,1H3. The van der Waals surface area contributed by atoms with Crippen LogP contribution in [0.1, 0.15) is 50.4 Å². The monoisotopic (exact) mass is 294 g/mol. The summed E-state index contributed by atoms with van der Waals surface area (Å²) in [6, 6.07) is 0.232. The van der Waals surface area contributed by atoms with Crippen molar-refractivity contribution in [2.45, 2.75) is 51.2 Å². The number of aryl methyl sites for hydroxylation is 1. The third-order valence-corrected chi connectivity index (χ3v) is 4.51. The zero-order chi connectivity index (χ0) is 14.5. The molecular formula is C15H26N4O2. The number of nitrogens with one attached hydrogen (secondary N) is 1. The van der Waals surface area contributed by atoms with Crippen molar-refractivity contribution in [1.82, 2.24) is 20.4 Å². The Morgan fingerprint density at radius 1 is 1.33 bits per heavy atom. The predicted molar refractivity (Wildman–Crippen MR) is 79.1 cm³/mol. The summed E-state index contributed by atoms with van der Waals surface area (Å²) in [6.07, 6.45) is 5.83. The highest BCUT2D eigenvalue weighted by atomic mass is 16.5. The lowest BCUT2D eigenvalue weighted by atomic mass is 10.0. The van der Waals surface area contributed by atoms with Crippen LogP contribution in [0.15, 0.2) is 4.52 Å². The van der Waals surface area contributed by atoms with Crippen molar-refractivity contribution in [2.24, 2.45) is 0 Å². The highest BCUT2D eigenvalue weighted by Crippen LogP contribution is 2.20. The molecule has 118 valence electrons. The molecule has 0 aliphatic carbocycles. The zero-order valence-electron chi connectivity index (χ0n) is 12.9. The van der Waals surface area contributed by atoms with Crippen LogP contribution in [0.2, 0.25) is 0 Å². The highest BCUT2D eigenvalue weighted by molar-refractivity contribution is 4.95. The van der Waals surface area contributed by atoms with Crippen LogP contribution in [-0.2, 0) is 11.2 Å². The van der Waals surface area contributed by atoms with E-state index in [2.05, 4.69) is 27.3 Å². The molecule has 0 spiro atoms. The highest BCUT2D eigenvalue weighted by Gasteiger charge is 2.23. The molecule has 1 aromatic rings. The summed E-state index contributed by atoms with van der Waals surface area (Å²) in [5.74, 6) is 1.57. The summed E-state index contributed by atoms with van der Waals surface area (Å²) < 4.78 is 11.2. The summed E-state index contributed by atoms with van der Waals surface area (Å²) in [7, 11) is 0. The second kappa shape index (κ2) is 7.33. The smallest absolute Gasteiger partial charge is 0.226 e. The average molecular weight is 294 g/mol. The van der Waals surface area contributed by atoms with Crippen molar-refractivity contribution in [3.8, 4) is 0 Å². The quantitative estimate of drug-likeness (QED) is 0.888. The Morgan fingerprint density at radius 2 is 2.19 bits per heavy atom. The number of aromatic nitrogens is 2. The molecule has 2 aliphatic rings. The molecule has 3 heterocycles. The van der Waals surface area contributed by atoms with Gasteiger partial charge >= 0.3 is 0 Å². The Labute approximate surface area is 126 Å². The van der Waals surface area contributed by atoms with Gasteiger partial charge in [-0.25, -0.2) is 0 Å². The molecule has 2 saturated heterocycles. The molecule has 0 radical (unpaired) electrons. The minimum absolute atomic E-state index is 0.232. The Morgan fingerprint density at radius 3 is 2.95 bits per heavy atom. The molecule has 3 rings (SSSR count). The molecule has 0 aromatic carbocycles. The van der Waals surface area contributed by atoms with Crippen molar-refractivity contribution in [3.63, 3.8) is 0 Å². The van der Waals surface area contributed by atoms with E-state index in [9.17, 15) is 0 Å². The normalized spacial score (nSPS) is 25.9. The molecule has 21 heavy (non-hydrogen) atoms. The van der Waals surface area contributed by atoms with E-state index in [-0.39, 0.29) is 6.04 Å². The average Bonchev–Trinajstić information content (AvgIpc) is 3.03. The van der Waals surface area contributed by atoms with E-state index in [0.29, 0.717) is 6.10 Å². The van der Waals surface area contributed by atoms with E-state index in [1.165, 1.54) is 12.8 Å². The molecule has 2 atom stereocenters. The van der Waals surface area contributed by atoms with Gasteiger partial charge in [0.15, 0.2) is 5.82 Å². The fraction of sp³-hybridized carbons (Fsp3) is 0.867. The lowest BCUT2D eigenvalue weighted by Gasteiger charge is -2.30. The molecule has 6 heteroatoms. The van der Waals surface area contributed by atoms with Crippen LogP contribution in [-0.4, -0.2) is 53.9 Å². The second-order valence-electron chi connectivity index (χ2n) is 6.04. The Kier molecular flexibility index (Phi) is 5.22. The molecule has 0 bridgehead atoms. The van der Waals surface area contributed by atoms with Crippen molar-refractivity contribution in [3.05, 3.63) is 11.7 Å². The first-order valence-corrected chi connectivity index (χ1v) is 8.22. The number of hydrogen-bond donors (Lipinski definition) is 1. The van der Waals surface area contributed by atoms with Crippen molar-refractivity contribution in [2.75, 3.05) is 32.8 Å². The van der Waals surface area contributed by atoms with Crippen LogP contribution >= 0.6 is 0 Å². The molecule has 0 saturated carbocycles. The molecule has 1 N–H and O–H groups in total. The first-order valence-electron chi connectivity index (χ1n) is 8.22. The molecule has 6 nitrogen and oxygen atoms in total. The minimum atomic E-state index is 0.232. The largest absolute Gasteiger partial charge is 0.378 e. The molecule has 2 aliphatic heterocycles. The van der Waals surface area contributed by atoms with E-state index in [0.717, 1.165) is 63.8 Å². The van der Waals surface area contributed by atoms with Gasteiger partial charge < -0.3 is 14.6 Å². The van der Waals surface area contributed by atoms with Gasteiger partial charge in [-0.1, -0.05) is 5.16 Å². The van der Waals surface area contributed by atoms with Crippen molar-refractivity contribution >= 4 is 0 Å². The van der Waals surface area contributed by atoms with E-state index in [1.54, 1.807) is 0 Å². The number of nitrogens with zero attached hydrogens (tertiary/aromatic N) is 3. The van der Waals surface area contributed by atoms with Gasteiger partial charge in [-0.2, -0.15) is 4.98 Å². The van der Waals surface area contributed by atoms with Crippen LogP contribution in [0, 0.1) is 0 Å². The lowest BCUT2D eigenvalue weighted by molar-refractivity contribution is 0.0104. The predicted octanol–water partition coefficient (Wildman–Crippen LogP) is 1.54. The fourth-order valence-electron chi connectivity index (χ4n) is 3.09. The zero-order valence-corrected chi connectivity index (χ0v) is 12.9. The summed E-state index contributed by atoms with van der Waals surface area (Å²) in [5.41, 5.74) is 0. The molecule has 1 aromatic heterocycles. The summed E-state index contributed by atoms with van der Waals surface area (Å²) in [6.45, 7) is 7.22. The van der Waals surface area contributed by atoms with Gasteiger partial charge in [0.05, 0.1) is 12.1 Å². The molecule has 2 unspecified atom stereocenters. The van der Waals surface area contributed by atoms with Crippen LogP contribution < -0.4 is 5.32 Å². The Hall–Kier alpha value is -0.980. The third-order valence-electron chi connectivity index (χ3n) is 4.51. The van der Waals surface area contributed by atoms with Crippen LogP contribution in [0.4, 0.5) is 0 Å². The summed E-state index contributed by atoms with van der Waals surface area (Å²) in [5, 5.41) is 7.53. The van der Waals surface area contributed by atoms with Crippen molar-refractivity contribution in [1.29, 1.82) is 0 Å². The molecule has 0 amide bonds. The molecule has 2 fully saturated rings. The van der Waals surface area contributed by atoms with Crippen molar-refractivity contribution < 1.29 is 9.26 Å². The number of hydrogen-bond acceptors (Lipinski definition) is 6. The van der Waals surface area contributed by atoms with E-state index >= 15 is 0 Å². The number of rotatable bonds is 5. The summed E-state index contributed by atoms with van der Waals surface area (Å²) in [4.78, 5) is 6.97. The van der Waals surface area contributed by atoms with Gasteiger partial charge in [-0.05, 0) is 32.6 Å². The SMILES string of the molecule is CC(c1noc(CCC2CCCCO2)n1)N1CCNCC1. The molecular weight excluding hydrogens is 268 g/mol. The van der Waals surface area contributed by atoms with Crippen LogP contribution in [0.3, 0.4) is 0 Å². The van der Waals surface area contributed by atoms with E-state index < -0.39 is 0 Å². The third kappa shape index (κ3) is 4.02. The van der Waals surface area contributed by atoms with E-state index in [4.69, 9.17) is 9.26 Å². The first-order chi connectivity index (χ1) is 10.3.